The van der Waals surface area contributed by atoms with Crippen LogP contribution >= 0.6 is 11.8 Å². The fourth-order valence-electron chi connectivity index (χ4n) is 4.07. The van der Waals surface area contributed by atoms with Crippen LogP contribution in [0.5, 0.6) is 0 Å². The lowest BCUT2D eigenvalue weighted by Gasteiger charge is -2.20. The second kappa shape index (κ2) is 12.2. The van der Waals surface area contributed by atoms with Crippen molar-refractivity contribution in [3.05, 3.63) is 35.9 Å². The number of hydroxylamine groups is 1. The van der Waals surface area contributed by atoms with Crippen LogP contribution in [0.3, 0.4) is 0 Å². The highest BCUT2D eigenvalue weighted by Crippen LogP contribution is 2.32. The van der Waals surface area contributed by atoms with Gasteiger partial charge in [0, 0.05) is 11.3 Å². The average Bonchev–Trinajstić information content (AvgIpc) is 3.33. The van der Waals surface area contributed by atoms with E-state index in [2.05, 4.69) is 46.1 Å². The van der Waals surface area contributed by atoms with E-state index >= 15 is 0 Å². The first-order chi connectivity index (χ1) is 14.3. The zero-order valence-corrected chi connectivity index (χ0v) is 18.6. The standard InChI is InChI=1S/C23H35N3O2S/c1-2-3-4-5-6-7-8-12-16-28-24-22(27)19-26-21(20-13-10-9-11-14-20)18-25-15-17-29-23(25)26/h9-11,13-14,21H,2-8,12,15-19H2,1H3/p+1. The molecule has 160 valence electrons. The molecule has 0 aromatic heterocycles. The molecule has 0 fully saturated rings. The number of amidine groups is 1. The number of carbonyl (C=O) groups excluding carboxylic acids is 1. The summed E-state index contributed by atoms with van der Waals surface area (Å²) in [5.74, 6) is 1.04. The number of nitrogens with one attached hydrogen (secondary N) is 1. The van der Waals surface area contributed by atoms with Gasteiger partial charge in [-0.3, -0.25) is 14.2 Å². The highest BCUT2D eigenvalue weighted by molar-refractivity contribution is 8.13. The van der Waals surface area contributed by atoms with Crippen molar-refractivity contribution >= 4 is 22.8 Å². The van der Waals surface area contributed by atoms with Crippen molar-refractivity contribution in [2.24, 2.45) is 0 Å². The predicted octanol–water partition coefficient (Wildman–Crippen LogP) is 4.35. The van der Waals surface area contributed by atoms with Gasteiger partial charge in [0.2, 0.25) is 0 Å². The first kappa shape index (κ1) is 22.2. The normalized spacial score (nSPS) is 18.4. The van der Waals surface area contributed by atoms with Crippen LogP contribution < -0.4 is 5.48 Å². The van der Waals surface area contributed by atoms with E-state index in [0.29, 0.717) is 13.2 Å². The highest BCUT2D eigenvalue weighted by Gasteiger charge is 2.44. The molecule has 5 nitrogen and oxygen atoms in total. The number of nitrogens with zero attached hydrogens (tertiary/aromatic N) is 2. The number of hydrogen-bond donors (Lipinski definition) is 1. The molecule has 6 heteroatoms. The molecular formula is C23H36N3O2S+. The smallest absolute Gasteiger partial charge is 0.274 e. The van der Waals surface area contributed by atoms with Crippen LogP contribution in [0, 0.1) is 0 Å². The summed E-state index contributed by atoms with van der Waals surface area (Å²) in [6, 6.07) is 10.7. The highest BCUT2D eigenvalue weighted by atomic mass is 32.2. The zero-order chi connectivity index (χ0) is 20.3. The number of thioether (sulfide) groups is 1. The Hall–Kier alpha value is -1.53. The average molecular weight is 419 g/mol. The Morgan fingerprint density at radius 2 is 1.86 bits per heavy atom. The summed E-state index contributed by atoms with van der Waals surface area (Å²) in [4.78, 5) is 20.2. The fourth-order valence-corrected chi connectivity index (χ4v) is 5.27. The summed E-state index contributed by atoms with van der Waals surface area (Å²) in [5.41, 5.74) is 3.92. The summed E-state index contributed by atoms with van der Waals surface area (Å²) in [6.07, 6.45) is 10.1. The van der Waals surface area contributed by atoms with Gasteiger partial charge in [0.1, 0.15) is 6.54 Å². The molecule has 2 aliphatic rings. The molecule has 1 unspecified atom stereocenters. The van der Waals surface area contributed by atoms with Gasteiger partial charge in [-0.2, -0.15) is 0 Å². The van der Waals surface area contributed by atoms with Gasteiger partial charge in [-0.15, -0.1) is 0 Å². The summed E-state index contributed by atoms with van der Waals surface area (Å²) in [5, 5.41) is 1.23. The molecule has 0 bridgehead atoms. The van der Waals surface area contributed by atoms with Crippen molar-refractivity contribution in [3.8, 4) is 0 Å². The van der Waals surface area contributed by atoms with E-state index in [1.807, 2.05) is 17.8 Å². The Labute approximate surface area is 179 Å². The van der Waals surface area contributed by atoms with Crippen molar-refractivity contribution in [2.45, 2.75) is 64.3 Å². The molecule has 0 aliphatic carbocycles. The maximum Gasteiger partial charge on any atom is 0.309 e. The molecule has 0 radical (unpaired) electrons. The van der Waals surface area contributed by atoms with E-state index in [1.165, 1.54) is 55.7 Å². The van der Waals surface area contributed by atoms with Gasteiger partial charge < -0.3 is 0 Å². The molecule has 0 saturated heterocycles. The minimum atomic E-state index is -0.0626. The van der Waals surface area contributed by atoms with Crippen LogP contribution in [0.4, 0.5) is 0 Å². The van der Waals surface area contributed by atoms with Crippen LogP contribution in [0.15, 0.2) is 30.3 Å². The van der Waals surface area contributed by atoms with Gasteiger partial charge in [0.15, 0.2) is 12.6 Å². The van der Waals surface area contributed by atoms with Gasteiger partial charge in [0.25, 0.3) is 5.91 Å². The molecule has 29 heavy (non-hydrogen) atoms. The molecule has 1 atom stereocenters. The maximum atomic E-state index is 12.5. The molecule has 3 rings (SSSR count). The molecular weight excluding hydrogens is 382 g/mol. The number of carbonyl (C=O) groups is 1. The lowest BCUT2D eigenvalue weighted by atomic mass is 10.1. The number of hydrogen-bond acceptors (Lipinski definition) is 4. The fraction of sp³-hybridized carbons (Fsp3) is 0.652. The number of unbranched alkanes of at least 4 members (excludes halogenated alkanes) is 7. The second-order valence-corrected chi connectivity index (χ2v) is 9.04. The van der Waals surface area contributed by atoms with Crippen LogP contribution in [0.25, 0.3) is 0 Å². The monoisotopic (exact) mass is 418 g/mol. The Bertz CT molecular complexity index is 665. The number of rotatable bonds is 13. The lowest BCUT2D eigenvalue weighted by Crippen LogP contribution is -2.40. The number of benzene rings is 1. The molecule has 1 aromatic rings. The zero-order valence-electron chi connectivity index (χ0n) is 17.8. The third-order valence-corrected chi connectivity index (χ3v) is 6.80. The van der Waals surface area contributed by atoms with E-state index in [-0.39, 0.29) is 11.9 Å². The third-order valence-electron chi connectivity index (χ3n) is 5.66. The van der Waals surface area contributed by atoms with E-state index in [9.17, 15) is 4.79 Å². The Morgan fingerprint density at radius 1 is 1.14 bits per heavy atom. The topological polar surface area (TPSA) is 44.6 Å². The van der Waals surface area contributed by atoms with Gasteiger partial charge in [0.05, 0.1) is 13.2 Å². The molecule has 0 saturated carbocycles. The summed E-state index contributed by atoms with van der Waals surface area (Å²) >= 11 is 1.85. The Morgan fingerprint density at radius 3 is 2.62 bits per heavy atom. The van der Waals surface area contributed by atoms with Crippen molar-refractivity contribution < 1.29 is 14.2 Å². The maximum absolute atomic E-state index is 12.5. The molecule has 1 amide bonds. The van der Waals surface area contributed by atoms with Gasteiger partial charge in [-0.25, -0.2) is 10.4 Å². The van der Waals surface area contributed by atoms with E-state index in [4.69, 9.17) is 4.84 Å². The van der Waals surface area contributed by atoms with Gasteiger partial charge in [-0.1, -0.05) is 82.2 Å². The molecule has 1 N–H and O–H groups in total. The SMILES string of the molecule is CCCCCCCCCCONC(=O)CN1C2=[N+](CCS2)CC1c1ccccc1. The van der Waals surface area contributed by atoms with Crippen molar-refractivity contribution in [2.75, 3.05) is 32.0 Å². The van der Waals surface area contributed by atoms with Crippen LogP contribution in [-0.2, 0) is 9.63 Å². The summed E-state index contributed by atoms with van der Waals surface area (Å²) < 4.78 is 2.40. The van der Waals surface area contributed by atoms with Crippen LogP contribution in [0.2, 0.25) is 0 Å². The Kier molecular flexibility index (Phi) is 9.35. The van der Waals surface area contributed by atoms with Gasteiger partial charge in [-0.05, 0) is 18.2 Å². The first-order valence-corrected chi connectivity index (χ1v) is 12.2. The van der Waals surface area contributed by atoms with Crippen molar-refractivity contribution in [1.82, 2.24) is 10.4 Å². The molecule has 2 heterocycles. The first-order valence-electron chi connectivity index (χ1n) is 11.3. The van der Waals surface area contributed by atoms with E-state index in [1.54, 1.807) is 0 Å². The third kappa shape index (κ3) is 6.75. The van der Waals surface area contributed by atoms with Crippen LogP contribution in [0.1, 0.15) is 69.9 Å². The minimum Gasteiger partial charge on any atom is -0.274 e. The van der Waals surface area contributed by atoms with E-state index in [0.717, 1.165) is 25.3 Å². The lowest BCUT2D eigenvalue weighted by molar-refractivity contribution is -0.511. The van der Waals surface area contributed by atoms with Gasteiger partial charge >= 0.3 is 5.17 Å². The number of amides is 1. The predicted molar refractivity (Wildman–Crippen MR) is 120 cm³/mol. The van der Waals surface area contributed by atoms with Crippen LogP contribution in [-0.4, -0.2) is 52.5 Å². The largest absolute Gasteiger partial charge is 0.309 e. The molecule has 0 spiro atoms. The Balaban J connectivity index is 1.35. The van der Waals surface area contributed by atoms with Crippen molar-refractivity contribution in [1.29, 1.82) is 0 Å². The molecule has 1 aromatic carbocycles. The summed E-state index contributed by atoms with van der Waals surface area (Å²) in [6.45, 7) is 5.21. The second-order valence-electron chi connectivity index (χ2n) is 7.98. The quantitative estimate of drug-likeness (QED) is 0.294. The summed E-state index contributed by atoms with van der Waals surface area (Å²) in [7, 11) is 0. The minimum absolute atomic E-state index is 0.0626. The van der Waals surface area contributed by atoms with Crippen molar-refractivity contribution in [3.63, 3.8) is 0 Å². The molecule has 2 aliphatic heterocycles. The van der Waals surface area contributed by atoms with E-state index < -0.39 is 0 Å².